The van der Waals surface area contributed by atoms with Gasteiger partial charge in [-0.15, -0.1) is 0 Å². The lowest BCUT2D eigenvalue weighted by molar-refractivity contribution is -0.242. The predicted molar refractivity (Wildman–Crippen MR) is 63.2 cm³/mol. The number of thioether (sulfide) groups is 1. The Balaban J connectivity index is 3.18. The SMILES string of the molecule is CC(=O)SCC(=O)NCCCCCCOO. The zero-order chi connectivity index (χ0) is 12.2. The molecule has 0 spiro atoms. The van der Waals surface area contributed by atoms with Gasteiger partial charge in [-0.1, -0.05) is 24.6 Å². The molecule has 16 heavy (non-hydrogen) atoms. The van der Waals surface area contributed by atoms with Gasteiger partial charge in [-0.05, 0) is 12.8 Å². The maximum Gasteiger partial charge on any atom is 0.230 e. The molecule has 0 aromatic carbocycles. The molecule has 0 heterocycles. The molecule has 0 atom stereocenters. The Morgan fingerprint density at radius 3 is 2.56 bits per heavy atom. The number of unbranched alkanes of at least 4 members (excludes halogenated alkanes) is 3. The fourth-order valence-electron chi connectivity index (χ4n) is 1.09. The van der Waals surface area contributed by atoms with Crippen molar-refractivity contribution in [2.75, 3.05) is 18.9 Å². The normalized spacial score (nSPS) is 10.1. The second-order valence-corrected chi connectivity index (χ2v) is 4.53. The molecule has 0 aromatic rings. The Kier molecular flexibility index (Phi) is 10.5. The highest BCUT2D eigenvalue weighted by molar-refractivity contribution is 8.14. The number of rotatable bonds is 9. The molecule has 0 aliphatic rings. The Morgan fingerprint density at radius 1 is 1.25 bits per heavy atom. The summed E-state index contributed by atoms with van der Waals surface area (Å²) >= 11 is 1.02. The van der Waals surface area contributed by atoms with Crippen LogP contribution in [-0.4, -0.2) is 35.2 Å². The third kappa shape index (κ3) is 11.5. The van der Waals surface area contributed by atoms with Crippen LogP contribution >= 0.6 is 11.8 Å². The Labute approximate surface area is 99.9 Å². The second-order valence-electron chi connectivity index (χ2n) is 3.38. The van der Waals surface area contributed by atoms with E-state index >= 15 is 0 Å². The highest BCUT2D eigenvalue weighted by atomic mass is 32.2. The summed E-state index contributed by atoms with van der Waals surface area (Å²) in [5, 5.41) is 10.8. The summed E-state index contributed by atoms with van der Waals surface area (Å²) in [6, 6.07) is 0. The highest BCUT2D eigenvalue weighted by Crippen LogP contribution is 2.01. The van der Waals surface area contributed by atoms with Crippen molar-refractivity contribution in [3.8, 4) is 0 Å². The second kappa shape index (κ2) is 10.9. The summed E-state index contributed by atoms with van der Waals surface area (Å²) in [4.78, 5) is 25.7. The van der Waals surface area contributed by atoms with Crippen LogP contribution in [0.1, 0.15) is 32.6 Å². The van der Waals surface area contributed by atoms with Gasteiger partial charge in [0.25, 0.3) is 0 Å². The molecule has 0 aliphatic carbocycles. The van der Waals surface area contributed by atoms with E-state index in [1.54, 1.807) is 0 Å². The van der Waals surface area contributed by atoms with E-state index in [0.717, 1.165) is 37.4 Å². The lowest BCUT2D eigenvalue weighted by atomic mass is 10.2. The highest BCUT2D eigenvalue weighted by Gasteiger charge is 2.02. The van der Waals surface area contributed by atoms with Crippen LogP contribution in [-0.2, 0) is 14.5 Å². The standard InChI is InChI=1S/C10H19NO4S/c1-9(12)16-8-10(13)11-6-4-2-3-5-7-15-14/h14H,2-8H2,1H3,(H,11,13). The number of carbonyl (C=O) groups is 2. The van der Waals surface area contributed by atoms with Crippen LogP contribution in [0.4, 0.5) is 0 Å². The summed E-state index contributed by atoms with van der Waals surface area (Å²) in [5.41, 5.74) is 0. The van der Waals surface area contributed by atoms with E-state index in [1.807, 2.05) is 0 Å². The molecule has 6 heteroatoms. The van der Waals surface area contributed by atoms with Crippen molar-refractivity contribution < 1.29 is 19.7 Å². The van der Waals surface area contributed by atoms with Gasteiger partial charge in [0.1, 0.15) is 0 Å². The average molecular weight is 249 g/mol. The summed E-state index contributed by atoms with van der Waals surface area (Å²) in [5.74, 6) is 0.104. The molecule has 94 valence electrons. The molecular weight excluding hydrogens is 230 g/mol. The smallest absolute Gasteiger partial charge is 0.230 e. The zero-order valence-corrected chi connectivity index (χ0v) is 10.3. The lowest BCUT2D eigenvalue weighted by Crippen LogP contribution is -2.26. The maximum absolute atomic E-state index is 11.1. The van der Waals surface area contributed by atoms with Crippen molar-refractivity contribution in [3.05, 3.63) is 0 Å². The maximum atomic E-state index is 11.1. The Morgan fingerprint density at radius 2 is 1.94 bits per heavy atom. The third-order valence-electron chi connectivity index (χ3n) is 1.89. The van der Waals surface area contributed by atoms with Gasteiger partial charge in [0.15, 0.2) is 5.12 Å². The van der Waals surface area contributed by atoms with E-state index in [4.69, 9.17) is 5.26 Å². The third-order valence-corrected chi connectivity index (χ3v) is 2.70. The van der Waals surface area contributed by atoms with Crippen LogP contribution < -0.4 is 5.32 Å². The van der Waals surface area contributed by atoms with Gasteiger partial charge in [-0.3, -0.25) is 14.8 Å². The molecule has 0 aliphatic heterocycles. The van der Waals surface area contributed by atoms with E-state index < -0.39 is 0 Å². The molecule has 0 saturated heterocycles. The van der Waals surface area contributed by atoms with Gasteiger partial charge in [-0.2, -0.15) is 0 Å². The first kappa shape index (κ1) is 15.4. The molecule has 5 nitrogen and oxygen atoms in total. The lowest BCUT2D eigenvalue weighted by Gasteiger charge is -2.03. The predicted octanol–water partition coefficient (Wildman–Crippen LogP) is 1.43. The fraction of sp³-hybridized carbons (Fsp3) is 0.800. The van der Waals surface area contributed by atoms with Gasteiger partial charge in [-0.25, -0.2) is 4.89 Å². The van der Waals surface area contributed by atoms with Gasteiger partial charge in [0, 0.05) is 13.5 Å². The van der Waals surface area contributed by atoms with Crippen LogP contribution in [0.15, 0.2) is 0 Å². The Bertz CT molecular complexity index is 211. The number of hydrogen-bond donors (Lipinski definition) is 2. The van der Waals surface area contributed by atoms with Gasteiger partial charge in [0.2, 0.25) is 5.91 Å². The minimum Gasteiger partial charge on any atom is -0.355 e. The molecule has 2 N–H and O–H groups in total. The monoisotopic (exact) mass is 249 g/mol. The summed E-state index contributed by atoms with van der Waals surface area (Å²) in [6.45, 7) is 2.44. The minimum atomic E-state index is -0.0982. The molecule has 0 aromatic heterocycles. The molecule has 0 radical (unpaired) electrons. The van der Waals surface area contributed by atoms with E-state index in [9.17, 15) is 9.59 Å². The van der Waals surface area contributed by atoms with Crippen LogP contribution in [0.25, 0.3) is 0 Å². The quantitative estimate of drug-likeness (QED) is 0.367. The Hall–Kier alpha value is -0.590. The first-order chi connectivity index (χ1) is 7.66. The summed E-state index contributed by atoms with van der Waals surface area (Å²) in [7, 11) is 0. The van der Waals surface area contributed by atoms with Gasteiger partial charge < -0.3 is 5.32 Å². The van der Waals surface area contributed by atoms with E-state index in [0.29, 0.717) is 13.2 Å². The molecule has 0 saturated carbocycles. The van der Waals surface area contributed by atoms with Crippen LogP contribution in [0, 0.1) is 0 Å². The molecule has 0 fully saturated rings. The van der Waals surface area contributed by atoms with Crippen LogP contribution in [0.3, 0.4) is 0 Å². The number of hydrogen-bond acceptors (Lipinski definition) is 5. The molecule has 0 rings (SSSR count). The zero-order valence-electron chi connectivity index (χ0n) is 9.53. The summed E-state index contributed by atoms with van der Waals surface area (Å²) < 4.78 is 0. The number of amides is 1. The van der Waals surface area contributed by atoms with Crippen molar-refractivity contribution >= 4 is 22.8 Å². The first-order valence-electron chi connectivity index (χ1n) is 5.33. The topological polar surface area (TPSA) is 75.6 Å². The molecule has 0 bridgehead atoms. The van der Waals surface area contributed by atoms with Gasteiger partial charge in [0.05, 0.1) is 12.4 Å². The van der Waals surface area contributed by atoms with Crippen LogP contribution in [0.2, 0.25) is 0 Å². The van der Waals surface area contributed by atoms with Gasteiger partial charge >= 0.3 is 0 Å². The molecule has 1 amide bonds. The van der Waals surface area contributed by atoms with Crippen molar-refractivity contribution in [2.45, 2.75) is 32.6 Å². The fourth-order valence-corrected chi connectivity index (χ4v) is 1.53. The van der Waals surface area contributed by atoms with Crippen molar-refractivity contribution in [3.63, 3.8) is 0 Å². The number of carbonyl (C=O) groups excluding carboxylic acids is 2. The van der Waals surface area contributed by atoms with E-state index in [-0.39, 0.29) is 16.8 Å². The van der Waals surface area contributed by atoms with E-state index in [1.165, 1.54) is 6.92 Å². The minimum absolute atomic E-state index is 0.0425. The van der Waals surface area contributed by atoms with Crippen LogP contribution in [0.5, 0.6) is 0 Å². The molecular formula is C10H19NO4S. The summed E-state index contributed by atoms with van der Waals surface area (Å²) in [6.07, 6.45) is 3.69. The molecule has 0 unspecified atom stereocenters. The largest absolute Gasteiger partial charge is 0.355 e. The van der Waals surface area contributed by atoms with E-state index in [2.05, 4.69) is 10.2 Å². The number of nitrogens with one attached hydrogen (secondary N) is 1. The van der Waals surface area contributed by atoms with Crippen molar-refractivity contribution in [2.24, 2.45) is 0 Å². The first-order valence-corrected chi connectivity index (χ1v) is 6.32. The van der Waals surface area contributed by atoms with Crippen molar-refractivity contribution in [1.29, 1.82) is 0 Å². The average Bonchev–Trinajstić information content (AvgIpc) is 2.25. The van der Waals surface area contributed by atoms with Crippen molar-refractivity contribution in [1.82, 2.24) is 5.32 Å².